The van der Waals surface area contributed by atoms with Gasteiger partial charge in [0.25, 0.3) is 0 Å². The molecule has 0 spiro atoms. The summed E-state index contributed by atoms with van der Waals surface area (Å²) in [6.07, 6.45) is 7.67. The topological polar surface area (TPSA) is 32.8 Å². The van der Waals surface area contributed by atoms with Gasteiger partial charge in [0.05, 0.1) is 17.8 Å². The number of aliphatic hydroxyl groups is 1. The number of allylic oxidation sites excluding steroid dienone is 1. The number of fused-ring (bicyclic) bond motifs is 1. The number of aliphatic hydroxyl groups excluding tert-OH is 1. The normalized spacial score (nSPS) is 45.1. The lowest BCUT2D eigenvalue weighted by Crippen LogP contribution is -2.28. The fourth-order valence-electron chi connectivity index (χ4n) is 2.86. The Balaban J connectivity index is 2.09. The molecule has 0 bridgehead atoms. The second kappa shape index (κ2) is 4.40. The van der Waals surface area contributed by atoms with Crippen LogP contribution in [0.15, 0.2) is 11.6 Å². The van der Waals surface area contributed by atoms with Crippen LogP contribution in [0.3, 0.4) is 0 Å². The van der Waals surface area contributed by atoms with Crippen molar-refractivity contribution in [3.05, 3.63) is 11.6 Å². The van der Waals surface area contributed by atoms with Gasteiger partial charge in [-0.05, 0) is 51.4 Å². The van der Waals surface area contributed by atoms with Crippen LogP contribution < -0.4 is 0 Å². The summed E-state index contributed by atoms with van der Waals surface area (Å²) in [6, 6.07) is 0. The number of ether oxygens (including phenoxy) is 1. The zero-order valence-electron chi connectivity index (χ0n) is 11.6. The summed E-state index contributed by atoms with van der Waals surface area (Å²) in [6.45, 7) is 8.68. The Morgan fingerprint density at radius 1 is 1.29 bits per heavy atom. The van der Waals surface area contributed by atoms with Crippen molar-refractivity contribution < 1.29 is 9.84 Å². The summed E-state index contributed by atoms with van der Waals surface area (Å²) in [4.78, 5) is 0. The highest BCUT2D eigenvalue weighted by molar-refractivity contribution is 5.09. The third kappa shape index (κ3) is 2.92. The second-order valence-electron chi connectivity index (χ2n) is 6.76. The van der Waals surface area contributed by atoms with Gasteiger partial charge >= 0.3 is 0 Å². The number of epoxide rings is 1. The first kappa shape index (κ1) is 13.1. The summed E-state index contributed by atoms with van der Waals surface area (Å²) in [5.41, 5.74) is 1.41. The molecule has 1 aliphatic heterocycles. The lowest BCUT2D eigenvalue weighted by Gasteiger charge is -2.29. The first-order valence-electron chi connectivity index (χ1n) is 6.87. The summed E-state index contributed by atoms with van der Waals surface area (Å²) in [5, 5.41) is 10.3. The summed E-state index contributed by atoms with van der Waals surface area (Å²) in [5.74, 6) is 0. The van der Waals surface area contributed by atoms with Crippen molar-refractivity contribution in [3.63, 3.8) is 0 Å². The van der Waals surface area contributed by atoms with E-state index >= 15 is 0 Å². The van der Waals surface area contributed by atoms with Crippen LogP contribution in [0.1, 0.15) is 59.8 Å². The minimum Gasteiger partial charge on any atom is -0.388 e. The summed E-state index contributed by atoms with van der Waals surface area (Å²) in [7, 11) is 0. The zero-order chi connectivity index (χ0) is 12.7. The molecule has 1 fully saturated rings. The van der Waals surface area contributed by atoms with Crippen LogP contribution in [0, 0.1) is 5.41 Å². The van der Waals surface area contributed by atoms with Crippen LogP contribution in [-0.4, -0.2) is 22.9 Å². The standard InChI is InChI=1S/C15H26O2/c1-11-6-7-13-15(4,17-13)9-5-8-14(2,3)12(16)10-11/h10,12-13,16H,5-9H2,1-4H3/b11-10-/t12-,13-,15-/m0/s1. The zero-order valence-corrected chi connectivity index (χ0v) is 11.6. The van der Waals surface area contributed by atoms with Gasteiger partial charge in [-0.1, -0.05) is 25.5 Å². The van der Waals surface area contributed by atoms with Crippen molar-refractivity contribution in [3.8, 4) is 0 Å². The quantitative estimate of drug-likeness (QED) is 0.518. The highest BCUT2D eigenvalue weighted by Crippen LogP contribution is 2.45. The van der Waals surface area contributed by atoms with Crippen molar-refractivity contribution >= 4 is 0 Å². The van der Waals surface area contributed by atoms with E-state index < -0.39 is 0 Å². The number of rotatable bonds is 0. The van der Waals surface area contributed by atoms with E-state index in [0.29, 0.717) is 6.10 Å². The molecule has 1 saturated heterocycles. The molecule has 2 aliphatic rings. The molecule has 1 N–H and O–H groups in total. The molecule has 2 nitrogen and oxygen atoms in total. The van der Waals surface area contributed by atoms with Crippen LogP contribution in [0.2, 0.25) is 0 Å². The molecule has 0 aromatic carbocycles. The van der Waals surface area contributed by atoms with Crippen molar-refractivity contribution in [1.29, 1.82) is 0 Å². The van der Waals surface area contributed by atoms with Crippen LogP contribution >= 0.6 is 0 Å². The van der Waals surface area contributed by atoms with Gasteiger partial charge in [0.15, 0.2) is 0 Å². The summed E-state index contributed by atoms with van der Waals surface area (Å²) < 4.78 is 5.83. The fraction of sp³-hybridized carbons (Fsp3) is 0.867. The van der Waals surface area contributed by atoms with Gasteiger partial charge in [0, 0.05) is 0 Å². The first-order valence-corrected chi connectivity index (χ1v) is 6.87. The van der Waals surface area contributed by atoms with Crippen molar-refractivity contribution in [1.82, 2.24) is 0 Å². The largest absolute Gasteiger partial charge is 0.388 e. The molecule has 0 unspecified atom stereocenters. The monoisotopic (exact) mass is 238 g/mol. The Hall–Kier alpha value is -0.340. The van der Waals surface area contributed by atoms with Gasteiger partial charge in [-0.2, -0.15) is 0 Å². The molecule has 0 saturated carbocycles. The molecule has 2 rings (SSSR count). The van der Waals surface area contributed by atoms with Crippen LogP contribution in [0.4, 0.5) is 0 Å². The van der Waals surface area contributed by atoms with E-state index in [2.05, 4.69) is 27.7 Å². The van der Waals surface area contributed by atoms with Crippen molar-refractivity contribution in [2.45, 2.75) is 77.6 Å². The van der Waals surface area contributed by atoms with Crippen LogP contribution in [-0.2, 0) is 4.74 Å². The van der Waals surface area contributed by atoms with Crippen molar-refractivity contribution in [2.75, 3.05) is 0 Å². The second-order valence-corrected chi connectivity index (χ2v) is 6.76. The Labute approximate surface area is 105 Å². The van der Waals surface area contributed by atoms with Gasteiger partial charge in [-0.25, -0.2) is 0 Å². The van der Waals surface area contributed by atoms with E-state index in [0.717, 1.165) is 32.1 Å². The minimum absolute atomic E-state index is 0.0215. The maximum atomic E-state index is 10.3. The first-order chi connectivity index (χ1) is 7.83. The Kier molecular flexibility index (Phi) is 3.39. The molecular weight excluding hydrogens is 212 g/mol. The molecule has 1 aliphatic carbocycles. The maximum Gasteiger partial charge on any atom is 0.0920 e. The highest BCUT2D eigenvalue weighted by atomic mass is 16.6. The van der Waals surface area contributed by atoms with Gasteiger partial charge in [0.2, 0.25) is 0 Å². The maximum absolute atomic E-state index is 10.3. The molecular formula is C15H26O2. The van der Waals surface area contributed by atoms with Gasteiger partial charge in [-0.3, -0.25) is 0 Å². The molecule has 0 amide bonds. The summed E-state index contributed by atoms with van der Waals surface area (Å²) >= 11 is 0. The van der Waals surface area contributed by atoms with Crippen LogP contribution in [0.5, 0.6) is 0 Å². The molecule has 1 heterocycles. The van der Waals surface area contributed by atoms with Crippen molar-refractivity contribution in [2.24, 2.45) is 5.41 Å². The Bertz CT molecular complexity index is 319. The Morgan fingerprint density at radius 2 is 2.00 bits per heavy atom. The molecule has 0 aromatic rings. The SMILES string of the molecule is C/C1=C/[C@H](O)C(C)(C)CCC[C@]2(C)O[C@H]2CC1. The predicted molar refractivity (Wildman–Crippen MR) is 69.9 cm³/mol. The smallest absolute Gasteiger partial charge is 0.0920 e. The molecule has 3 atom stereocenters. The average Bonchev–Trinajstić information content (AvgIpc) is 2.85. The number of hydrogen-bond donors (Lipinski definition) is 1. The van der Waals surface area contributed by atoms with Gasteiger partial charge < -0.3 is 9.84 Å². The molecule has 0 radical (unpaired) electrons. The minimum atomic E-state index is -0.314. The van der Waals surface area contributed by atoms with E-state index in [1.807, 2.05) is 6.08 Å². The van der Waals surface area contributed by atoms with E-state index in [9.17, 15) is 5.11 Å². The van der Waals surface area contributed by atoms with Crippen LogP contribution in [0.25, 0.3) is 0 Å². The lowest BCUT2D eigenvalue weighted by atomic mass is 9.80. The van der Waals surface area contributed by atoms with E-state index in [1.54, 1.807) is 0 Å². The van der Waals surface area contributed by atoms with Gasteiger partial charge in [-0.15, -0.1) is 0 Å². The third-order valence-corrected chi connectivity index (χ3v) is 4.57. The van der Waals surface area contributed by atoms with E-state index in [4.69, 9.17) is 4.74 Å². The molecule has 2 heteroatoms. The third-order valence-electron chi connectivity index (χ3n) is 4.57. The molecule has 98 valence electrons. The highest BCUT2D eigenvalue weighted by Gasteiger charge is 2.51. The molecule has 0 aromatic heterocycles. The van der Waals surface area contributed by atoms with E-state index in [-0.39, 0.29) is 17.1 Å². The number of hydrogen-bond acceptors (Lipinski definition) is 2. The van der Waals surface area contributed by atoms with E-state index in [1.165, 1.54) is 5.57 Å². The fourth-order valence-corrected chi connectivity index (χ4v) is 2.86. The van der Waals surface area contributed by atoms with Gasteiger partial charge in [0.1, 0.15) is 0 Å². The predicted octanol–water partition coefficient (Wildman–Crippen LogP) is 3.44. The molecule has 17 heavy (non-hydrogen) atoms. The Morgan fingerprint density at radius 3 is 2.71 bits per heavy atom. The average molecular weight is 238 g/mol. The lowest BCUT2D eigenvalue weighted by molar-refractivity contribution is 0.0787.